The van der Waals surface area contributed by atoms with Crippen LogP contribution >= 0.6 is 0 Å². The highest BCUT2D eigenvalue weighted by molar-refractivity contribution is 6.07. The van der Waals surface area contributed by atoms with Crippen LogP contribution in [0, 0.1) is 11.3 Å². The summed E-state index contributed by atoms with van der Waals surface area (Å²) in [5.74, 6) is 0.741. The Morgan fingerprint density at radius 1 is 1.19 bits per heavy atom. The van der Waals surface area contributed by atoms with E-state index in [2.05, 4.69) is 11.2 Å². The number of ether oxygens (including phenoxy) is 1. The number of benzene rings is 2. The molecule has 0 aliphatic heterocycles. The quantitative estimate of drug-likeness (QED) is 0.573. The van der Waals surface area contributed by atoms with Gasteiger partial charge >= 0.3 is 0 Å². The Bertz CT molecular complexity index is 1240. The van der Waals surface area contributed by atoms with E-state index >= 15 is 0 Å². The Balaban J connectivity index is 1.89. The molecule has 0 spiro atoms. The van der Waals surface area contributed by atoms with Crippen LogP contribution in [0.5, 0.6) is 5.75 Å². The van der Waals surface area contributed by atoms with Gasteiger partial charge in [0, 0.05) is 17.8 Å². The third kappa shape index (κ3) is 2.42. The van der Waals surface area contributed by atoms with Crippen molar-refractivity contribution < 1.29 is 4.74 Å². The largest absolute Gasteiger partial charge is 0.497 e. The molecule has 6 heteroatoms. The first-order valence-electron chi connectivity index (χ1n) is 8.13. The second-order valence-electron chi connectivity index (χ2n) is 6.12. The molecule has 2 aromatic heterocycles. The van der Waals surface area contributed by atoms with Gasteiger partial charge in [-0.2, -0.15) is 10.4 Å². The van der Waals surface area contributed by atoms with Gasteiger partial charge in [-0.1, -0.05) is 18.2 Å². The van der Waals surface area contributed by atoms with E-state index in [1.807, 2.05) is 41.9 Å². The molecule has 0 saturated heterocycles. The Morgan fingerprint density at radius 3 is 2.81 bits per heavy atom. The fourth-order valence-corrected chi connectivity index (χ4v) is 3.28. The van der Waals surface area contributed by atoms with Crippen LogP contribution in [0.4, 0.5) is 0 Å². The summed E-state index contributed by atoms with van der Waals surface area (Å²) in [6.07, 6.45) is 1.71. The van der Waals surface area contributed by atoms with Crippen molar-refractivity contribution >= 4 is 21.8 Å². The highest BCUT2D eigenvalue weighted by Gasteiger charge is 2.14. The molecule has 0 unspecified atom stereocenters. The standard InChI is InChI=1S/C20H16N4O2/c1-23-18-9-13(10-21)6-7-16(18)17-11-22-24(20(25)19(17)23)12-14-4-3-5-15(8-14)26-2/h3-9,11H,12H2,1-2H3. The molecule has 2 heterocycles. The van der Waals surface area contributed by atoms with Crippen LogP contribution in [0.1, 0.15) is 11.1 Å². The summed E-state index contributed by atoms with van der Waals surface area (Å²) in [6, 6.07) is 15.1. The number of aromatic nitrogens is 3. The summed E-state index contributed by atoms with van der Waals surface area (Å²) in [4.78, 5) is 13.0. The number of fused-ring (bicyclic) bond motifs is 3. The summed E-state index contributed by atoms with van der Waals surface area (Å²) in [7, 11) is 3.45. The van der Waals surface area contributed by atoms with E-state index in [9.17, 15) is 4.79 Å². The molecule has 4 rings (SSSR count). The molecule has 26 heavy (non-hydrogen) atoms. The summed E-state index contributed by atoms with van der Waals surface area (Å²) in [6.45, 7) is 0.358. The molecule has 0 atom stereocenters. The molecule has 0 N–H and O–H groups in total. The number of methoxy groups -OCH3 is 1. The molecule has 0 aliphatic carbocycles. The van der Waals surface area contributed by atoms with Crippen molar-refractivity contribution in [3.8, 4) is 11.8 Å². The van der Waals surface area contributed by atoms with Gasteiger partial charge in [-0.05, 0) is 29.8 Å². The first kappa shape index (κ1) is 15.9. The molecular weight excluding hydrogens is 328 g/mol. The van der Waals surface area contributed by atoms with E-state index in [4.69, 9.17) is 10.00 Å². The van der Waals surface area contributed by atoms with Crippen LogP contribution in [-0.2, 0) is 13.6 Å². The van der Waals surface area contributed by atoms with Gasteiger partial charge in [0.15, 0.2) is 0 Å². The monoisotopic (exact) mass is 344 g/mol. The van der Waals surface area contributed by atoms with E-state index < -0.39 is 0 Å². The number of rotatable bonds is 3. The Morgan fingerprint density at radius 2 is 2.04 bits per heavy atom. The Labute approximate surface area is 149 Å². The van der Waals surface area contributed by atoms with E-state index in [1.54, 1.807) is 25.4 Å². The Hall–Kier alpha value is -3.59. The maximum absolute atomic E-state index is 13.0. The molecule has 0 saturated carbocycles. The minimum Gasteiger partial charge on any atom is -0.497 e. The van der Waals surface area contributed by atoms with Crippen LogP contribution in [0.2, 0.25) is 0 Å². The van der Waals surface area contributed by atoms with Crippen molar-refractivity contribution in [2.24, 2.45) is 7.05 Å². The van der Waals surface area contributed by atoms with Crippen molar-refractivity contribution in [3.63, 3.8) is 0 Å². The minimum absolute atomic E-state index is 0.164. The maximum Gasteiger partial charge on any atom is 0.291 e. The van der Waals surface area contributed by atoms with Crippen LogP contribution in [0.25, 0.3) is 21.8 Å². The van der Waals surface area contributed by atoms with Gasteiger partial charge in [-0.3, -0.25) is 4.79 Å². The zero-order valence-corrected chi connectivity index (χ0v) is 14.4. The third-order valence-electron chi connectivity index (χ3n) is 4.60. The van der Waals surface area contributed by atoms with E-state index in [1.165, 1.54) is 4.68 Å². The van der Waals surface area contributed by atoms with Gasteiger partial charge in [0.05, 0.1) is 37.0 Å². The molecule has 0 aliphatic rings. The second kappa shape index (κ2) is 6.05. The molecule has 128 valence electrons. The lowest BCUT2D eigenvalue weighted by molar-refractivity contribution is 0.414. The molecule has 6 nitrogen and oxygen atoms in total. The third-order valence-corrected chi connectivity index (χ3v) is 4.60. The molecule has 0 bridgehead atoms. The fraction of sp³-hybridized carbons (Fsp3) is 0.150. The topological polar surface area (TPSA) is 72.8 Å². The number of hydrogen-bond acceptors (Lipinski definition) is 4. The number of nitriles is 1. The number of nitrogens with zero attached hydrogens (tertiary/aromatic N) is 4. The Kier molecular flexibility index (Phi) is 3.70. The molecule has 0 radical (unpaired) electrons. The van der Waals surface area contributed by atoms with Crippen molar-refractivity contribution in [3.05, 3.63) is 70.1 Å². The smallest absolute Gasteiger partial charge is 0.291 e. The normalized spacial score (nSPS) is 11.0. The lowest BCUT2D eigenvalue weighted by atomic mass is 10.1. The van der Waals surface area contributed by atoms with E-state index in [-0.39, 0.29) is 5.56 Å². The summed E-state index contributed by atoms with van der Waals surface area (Å²) in [5.41, 5.74) is 2.75. The zero-order valence-electron chi connectivity index (χ0n) is 14.4. The highest BCUT2D eigenvalue weighted by atomic mass is 16.5. The number of hydrogen-bond donors (Lipinski definition) is 0. The average molecular weight is 344 g/mol. The zero-order chi connectivity index (χ0) is 18.3. The lowest BCUT2D eigenvalue weighted by Gasteiger charge is -2.07. The van der Waals surface area contributed by atoms with Crippen molar-refractivity contribution in [1.29, 1.82) is 5.26 Å². The first-order chi connectivity index (χ1) is 12.6. The highest BCUT2D eigenvalue weighted by Crippen LogP contribution is 2.26. The molecule has 0 amide bonds. The van der Waals surface area contributed by atoms with Gasteiger partial charge < -0.3 is 9.30 Å². The van der Waals surface area contributed by atoms with Gasteiger partial charge in [-0.15, -0.1) is 0 Å². The van der Waals surface area contributed by atoms with Crippen molar-refractivity contribution in [2.45, 2.75) is 6.54 Å². The fourth-order valence-electron chi connectivity index (χ4n) is 3.28. The van der Waals surface area contributed by atoms with Gasteiger partial charge in [0.1, 0.15) is 11.3 Å². The molecule has 2 aromatic carbocycles. The van der Waals surface area contributed by atoms with Crippen LogP contribution in [0.3, 0.4) is 0 Å². The average Bonchev–Trinajstić information content (AvgIpc) is 2.96. The van der Waals surface area contributed by atoms with Crippen molar-refractivity contribution in [1.82, 2.24) is 14.3 Å². The number of aryl methyl sites for hydroxylation is 1. The van der Waals surface area contributed by atoms with Gasteiger partial charge in [0.25, 0.3) is 5.56 Å². The maximum atomic E-state index is 13.0. The molecular formula is C20H16N4O2. The summed E-state index contributed by atoms with van der Waals surface area (Å²) >= 11 is 0. The van der Waals surface area contributed by atoms with Crippen LogP contribution < -0.4 is 10.3 Å². The first-order valence-corrected chi connectivity index (χ1v) is 8.13. The second-order valence-corrected chi connectivity index (χ2v) is 6.12. The molecule has 0 fully saturated rings. The van der Waals surface area contributed by atoms with Crippen LogP contribution in [-0.4, -0.2) is 21.5 Å². The summed E-state index contributed by atoms with van der Waals surface area (Å²) in [5, 5.41) is 15.2. The summed E-state index contributed by atoms with van der Waals surface area (Å²) < 4.78 is 8.51. The predicted molar refractivity (Wildman–Crippen MR) is 99.3 cm³/mol. The van der Waals surface area contributed by atoms with E-state index in [0.29, 0.717) is 17.6 Å². The lowest BCUT2D eigenvalue weighted by Crippen LogP contribution is -2.24. The van der Waals surface area contributed by atoms with Gasteiger partial charge in [-0.25, -0.2) is 4.68 Å². The van der Waals surface area contributed by atoms with Crippen LogP contribution in [0.15, 0.2) is 53.5 Å². The predicted octanol–water partition coefficient (Wildman–Crippen LogP) is 2.82. The van der Waals surface area contributed by atoms with Crippen molar-refractivity contribution in [2.75, 3.05) is 7.11 Å². The SMILES string of the molecule is COc1cccc(Cn2ncc3c4ccc(C#N)cc4n(C)c3c2=O)c1. The van der Waals surface area contributed by atoms with Gasteiger partial charge in [0.2, 0.25) is 0 Å². The van der Waals surface area contributed by atoms with E-state index in [0.717, 1.165) is 27.6 Å². The minimum atomic E-state index is -0.164. The molecule has 4 aromatic rings.